The van der Waals surface area contributed by atoms with Crippen LogP contribution in [-0.2, 0) is 0 Å². The SMILES string of the molecule is CN1CCNC(c2ncc(-c3ccccc3)[nH]2)C1. The number of imidazole rings is 1. The molecule has 1 saturated heterocycles. The van der Waals surface area contributed by atoms with E-state index in [0.717, 1.165) is 31.2 Å². The van der Waals surface area contributed by atoms with Crippen molar-refractivity contribution in [2.75, 3.05) is 26.7 Å². The van der Waals surface area contributed by atoms with Crippen LogP contribution in [0.3, 0.4) is 0 Å². The van der Waals surface area contributed by atoms with Gasteiger partial charge in [0.25, 0.3) is 0 Å². The molecule has 1 fully saturated rings. The molecule has 0 spiro atoms. The molecule has 0 radical (unpaired) electrons. The molecule has 1 atom stereocenters. The zero-order valence-electron chi connectivity index (χ0n) is 10.6. The molecule has 2 N–H and O–H groups in total. The van der Waals surface area contributed by atoms with Gasteiger partial charge in [0.2, 0.25) is 0 Å². The van der Waals surface area contributed by atoms with Crippen LogP contribution < -0.4 is 5.32 Å². The second-order valence-corrected chi connectivity index (χ2v) is 4.82. The average molecular weight is 242 g/mol. The van der Waals surface area contributed by atoms with Gasteiger partial charge in [0, 0.05) is 19.6 Å². The zero-order chi connectivity index (χ0) is 12.4. The minimum Gasteiger partial charge on any atom is -0.341 e. The summed E-state index contributed by atoms with van der Waals surface area (Å²) in [6.45, 7) is 3.12. The summed E-state index contributed by atoms with van der Waals surface area (Å²) in [7, 11) is 2.15. The summed E-state index contributed by atoms with van der Waals surface area (Å²) >= 11 is 0. The Morgan fingerprint density at radius 1 is 1.28 bits per heavy atom. The predicted octanol–water partition coefficient (Wildman–Crippen LogP) is 1.65. The van der Waals surface area contributed by atoms with Crippen molar-refractivity contribution in [1.82, 2.24) is 20.2 Å². The van der Waals surface area contributed by atoms with E-state index in [1.54, 1.807) is 0 Å². The first-order valence-electron chi connectivity index (χ1n) is 6.35. The van der Waals surface area contributed by atoms with Gasteiger partial charge in [0.1, 0.15) is 5.82 Å². The van der Waals surface area contributed by atoms with Crippen molar-refractivity contribution in [2.45, 2.75) is 6.04 Å². The lowest BCUT2D eigenvalue weighted by Crippen LogP contribution is -2.44. The number of benzene rings is 1. The van der Waals surface area contributed by atoms with Gasteiger partial charge in [-0.25, -0.2) is 4.98 Å². The Hall–Kier alpha value is -1.65. The molecule has 3 rings (SSSR count). The summed E-state index contributed by atoms with van der Waals surface area (Å²) < 4.78 is 0. The van der Waals surface area contributed by atoms with Crippen molar-refractivity contribution in [3.05, 3.63) is 42.4 Å². The molecule has 2 heterocycles. The number of piperazine rings is 1. The second-order valence-electron chi connectivity index (χ2n) is 4.82. The quantitative estimate of drug-likeness (QED) is 0.841. The number of H-pyrrole nitrogens is 1. The van der Waals surface area contributed by atoms with E-state index in [2.05, 4.69) is 39.4 Å². The Morgan fingerprint density at radius 3 is 2.89 bits per heavy atom. The van der Waals surface area contributed by atoms with Gasteiger partial charge in [0.05, 0.1) is 17.9 Å². The fourth-order valence-corrected chi connectivity index (χ4v) is 2.36. The maximum absolute atomic E-state index is 4.51. The number of nitrogens with zero attached hydrogens (tertiary/aromatic N) is 2. The number of aromatic amines is 1. The van der Waals surface area contributed by atoms with E-state index >= 15 is 0 Å². The molecule has 18 heavy (non-hydrogen) atoms. The molecule has 1 aromatic carbocycles. The van der Waals surface area contributed by atoms with Crippen LogP contribution in [0, 0.1) is 0 Å². The number of hydrogen-bond acceptors (Lipinski definition) is 3. The molecule has 0 aliphatic carbocycles. The molecule has 4 heteroatoms. The molecule has 4 nitrogen and oxygen atoms in total. The minimum atomic E-state index is 0.307. The monoisotopic (exact) mass is 242 g/mol. The number of hydrogen-bond donors (Lipinski definition) is 2. The molecule has 0 bridgehead atoms. The Morgan fingerprint density at radius 2 is 2.11 bits per heavy atom. The van der Waals surface area contributed by atoms with Crippen LogP contribution in [0.2, 0.25) is 0 Å². The standard InChI is InChI=1S/C14H18N4/c1-18-8-7-15-13(10-18)14-16-9-12(17-14)11-5-3-2-4-6-11/h2-6,9,13,15H,7-8,10H2,1H3,(H,16,17). The number of likely N-dealkylation sites (N-methyl/N-ethyl adjacent to an activating group) is 1. The van der Waals surface area contributed by atoms with Gasteiger partial charge in [-0.05, 0) is 12.6 Å². The first-order valence-corrected chi connectivity index (χ1v) is 6.35. The summed E-state index contributed by atoms with van der Waals surface area (Å²) in [5.74, 6) is 1.03. The van der Waals surface area contributed by atoms with E-state index in [0.29, 0.717) is 6.04 Å². The fraction of sp³-hybridized carbons (Fsp3) is 0.357. The first-order chi connectivity index (χ1) is 8.83. The number of nitrogens with one attached hydrogen (secondary N) is 2. The highest BCUT2D eigenvalue weighted by molar-refractivity contribution is 5.58. The summed E-state index contributed by atoms with van der Waals surface area (Å²) in [5, 5.41) is 3.50. The largest absolute Gasteiger partial charge is 0.341 e. The molecule has 1 aliphatic rings. The van der Waals surface area contributed by atoms with E-state index in [1.165, 1.54) is 5.56 Å². The Balaban J connectivity index is 1.81. The van der Waals surface area contributed by atoms with Crippen LogP contribution in [0.25, 0.3) is 11.3 Å². The summed E-state index contributed by atoms with van der Waals surface area (Å²) in [5.41, 5.74) is 2.26. The van der Waals surface area contributed by atoms with Crippen molar-refractivity contribution in [2.24, 2.45) is 0 Å². The molecule has 0 amide bonds. The maximum Gasteiger partial charge on any atom is 0.125 e. The average Bonchev–Trinajstić information content (AvgIpc) is 2.89. The van der Waals surface area contributed by atoms with E-state index in [9.17, 15) is 0 Å². The van der Waals surface area contributed by atoms with Gasteiger partial charge in [-0.15, -0.1) is 0 Å². The molecule has 1 aromatic heterocycles. The van der Waals surface area contributed by atoms with E-state index in [1.807, 2.05) is 24.4 Å². The van der Waals surface area contributed by atoms with Crippen molar-refractivity contribution in [3.8, 4) is 11.3 Å². The van der Waals surface area contributed by atoms with Crippen molar-refractivity contribution < 1.29 is 0 Å². The molecule has 1 aliphatic heterocycles. The molecular weight excluding hydrogens is 224 g/mol. The van der Waals surface area contributed by atoms with Gasteiger partial charge >= 0.3 is 0 Å². The molecule has 1 unspecified atom stereocenters. The van der Waals surface area contributed by atoms with Crippen LogP contribution in [0.5, 0.6) is 0 Å². The maximum atomic E-state index is 4.51. The molecule has 2 aromatic rings. The Kier molecular flexibility index (Phi) is 3.13. The second kappa shape index (κ2) is 4.92. The van der Waals surface area contributed by atoms with Crippen LogP contribution in [-0.4, -0.2) is 41.5 Å². The zero-order valence-corrected chi connectivity index (χ0v) is 10.6. The van der Waals surface area contributed by atoms with E-state index in [4.69, 9.17) is 0 Å². The highest BCUT2D eigenvalue weighted by Crippen LogP contribution is 2.20. The Labute approximate surface area is 107 Å². The normalized spacial score (nSPS) is 21.1. The highest BCUT2D eigenvalue weighted by Gasteiger charge is 2.20. The van der Waals surface area contributed by atoms with Gasteiger partial charge < -0.3 is 15.2 Å². The molecular formula is C14H18N4. The van der Waals surface area contributed by atoms with Gasteiger partial charge in [0.15, 0.2) is 0 Å². The van der Waals surface area contributed by atoms with Crippen LogP contribution in [0.1, 0.15) is 11.9 Å². The third-order valence-electron chi connectivity index (χ3n) is 3.39. The first kappa shape index (κ1) is 11.4. The van der Waals surface area contributed by atoms with Gasteiger partial charge in [-0.2, -0.15) is 0 Å². The summed E-state index contributed by atoms with van der Waals surface area (Å²) in [6.07, 6.45) is 1.92. The van der Waals surface area contributed by atoms with Crippen molar-refractivity contribution in [3.63, 3.8) is 0 Å². The third-order valence-corrected chi connectivity index (χ3v) is 3.39. The minimum absolute atomic E-state index is 0.307. The van der Waals surface area contributed by atoms with Crippen LogP contribution >= 0.6 is 0 Å². The number of aromatic nitrogens is 2. The van der Waals surface area contributed by atoms with Gasteiger partial charge in [-0.1, -0.05) is 30.3 Å². The fourth-order valence-electron chi connectivity index (χ4n) is 2.36. The van der Waals surface area contributed by atoms with Crippen molar-refractivity contribution >= 4 is 0 Å². The van der Waals surface area contributed by atoms with E-state index < -0.39 is 0 Å². The smallest absolute Gasteiger partial charge is 0.125 e. The van der Waals surface area contributed by atoms with Crippen molar-refractivity contribution in [1.29, 1.82) is 0 Å². The lowest BCUT2D eigenvalue weighted by atomic mass is 10.2. The summed E-state index contributed by atoms with van der Waals surface area (Å²) in [6, 6.07) is 10.6. The molecule has 94 valence electrons. The molecule has 0 saturated carbocycles. The lowest BCUT2D eigenvalue weighted by molar-refractivity contribution is 0.236. The topological polar surface area (TPSA) is 44.0 Å². The Bertz CT molecular complexity index is 506. The number of rotatable bonds is 2. The van der Waals surface area contributed by atoms with E-state index in [-0.39, 0.29) is 0 Å². The van der Waals surface area contributed by atoms with Crippen LogP contribution in [0.4, 0.5) is 0 Å². The van der Waals surface area contributed by atoms with Gasteiger partial charge in [-0.3, -0.25) is 0 Å². The summed E-state index contributed by atoms with van der Waals surface area (Å²) in [4.78, 5) is 10.3. The third kappa shape index (κ3) is 2.30. The lowest BCUT2D eigenvalue weighted by Gasteiger charge is -2.29. The highest BCUT2D eigenvalue weighted by atomic mass is 15.2. The van der Waals surface area contributed by atoms with Crippen LogP contribution in [0.15, 0.2) is 36.5 Å². The predicted molar refractivity (Wildman–Crippen MR) is 72.3 cm³/mol.